The molecule has 0 unspecified atom stereocenters. The van der Waals surface area contributed by atoms with E-state index in [1.54, 1.807) is 0 Å². The molecule has 1 saturated carbocycles. The van der Waals surface area contributed by atoms with Gasteiger partial charge in [0, 0.05) is 6.04 Å². The van der Waals surface area contributed by atoms with Crippen LogP contribution in [0.15, 0.2) is 0 Å². The first-order valence-corrected chi connectivity index (χ1v) is 10.7. The molecular weight excluding hydrogens is 343 g/mol. The van der Waals surface area contributed by atoms with E-state index in [-0.39, 0.29) is 37.2 Å². The van der Waals surface area contributed by atoms with Gasteiger partial charge in [0.1, 0.15) is 9.84 Å². The summed E-state index contributed by atoms with van der Waals surface area (Å²) in [6.07, 6.45) is -3.46. The Balaban J connectivity index is 2.07. The highest BCUT2D eigenvalue weighted by molar-refractivity contribution is 7.92. The van der Waals surface area contributed by atoms with Gasteiger partial charge in [0.05, 0.1) is 22.7 Å². The number of hydrogen-bond acceptors (Lipinski definition) is 4. The third-order valence-corrected chi connectivity index (χ3v) is 8.14. The average molecular weight is 363 g/mol. The van der Waals surface area contributed by atoms with Crippen LogP contribution in [0, 0.1) is 5.92 Å². The predicted molar refractivity (Wildman–Crippen MR) is 75.5 cm³/mol. The van der Waals surface area contributed by atoms with E-state index in [9.17, 15) is 30.0 Å². The van der Waals surface area contributed by atoms with Gasteiger partial charge < -0.3 is 0 Å². The monoisotopic (exact) mass is 363 g/mol. The summed E-state index contributed by atoms with van der Waals surface area (Å²) in [5.74, 6) is -2.12. The van der Waals surface area contributed by atoms with E-state index >= 15 is 0 Å². The van der Waals surface area contributed by atoms with Crippen LogP contribution in [-0.4, -0.2) is 45.8 Å². The molecule has 22 heavy (non-hydrogen) atoms. The number of hydrogen-bond donors (Lipinski definition) is 1. The van der Waals surface area contributed by atoms with Crippen LogP contribution in [0.25, 0.3) is 0 Å². The minimum Gasteiger partial charge on any atom is -0.229 e. The van der Waals surface area contributed by atoms with Gasteiger partial charge in [0.2, 0.25) is 10.0 Å². The van der Waals surface area contributed by atoms with Crippen molar-refractivity contribution in [3.63, 3.8) is 0 Å². The summed E-state index contributed by atoms with van der Waals surface area (Å²) in [7, 11) is -7.16. The van der Waals surface area contributed by atoms with Gasteiger partial charge >= 0.3 is 6.18 Å². The summed E-state index contributed by atoms with van der Waals surface area (Å²) in [5.41, 5.74) is 0. The lowest BCUT2D eigenvalue weighted by Gasteiger charge is -2.34. The second kappa shape index (κ2) is 6.27. The largest absolute Gasteiger partial charge is 0.393 e. The maximum Gasteiger partial charge on any atom is 0.393 e. The highest BCUT2D eigenvalue weighted by atomic mass is 32.2. The molecule has 2 rings (SSSR count). The van der Waals surface area contributed by atoms with Gasteiger partial charge in [-0.3, -0.25) is 0 Å². The molecule has 0 bridgehead atoms. The van der Waals surface area contributed by atoms with E-state index in [0.29, 0.717) is 12.8 Å². The minimum atomic E-state index is -4.43. The molecular formula is C12H20F3NO4S2. The van der Waals surface area contributed by atoms with Crippen molar-refractivity contribution in [2.24, 2.45) is 5.92 Å². The lowest BCUT2D eigenvalue weighted by molar-refractivity contribution is -0.187. The minimum absolute atomic E-state index is 0.0545. The Morgan fingerprint density at radius 1 is 0.955 bits per heavy atom. The summed E-state index contributed by atoms with van der Waals surface area (Å²) in [5, 5.41) is -0.924. The topological polar surface area (TPSA) is 80.3 Å². The maximum atomic E-state index is 13.0. The second-order valence-corrected chi connectivity index (χ2v) is 10.3. The van der Waals surface area contributed by atoms with Crippen LogP contribution in [0.4, 0.5) is 13.2 Å². The fourth-order valence-electron chi connectivity index (χ4n) is 3.15. The molecule has 130 valence electrons. The second-order valence-electron chi connectivity index (χ2n) is 6.05. The Bertz CT molecular complexity index is 586. The molecule has 0 aromatic carbocycles. The highest BCUT2D eigenvalue weighted by Crippen LogP contribution is 2.38. The van der Waals surface area contributed by atoms with Crippen LogP contribution in [0.5, 0.6) is 0 Å². The van der Waals surface area contributed by atoms with Crippen molar-refractivity contribution in [1.29, 1.82) is 0 Å². The number of halogens is 3. The molecule has 0 amide bonds. The van der Waals surface area contributed by atoms with E-state index in [2.05, 4.69) is 4.72 Å². The van der Waals surface area contributed by atoms with Crippen LogP contribution < -0.4 is 4.72 Å². The van der Waals surface area contributed by atoms with E-state index in [1.165, 1.54) is 0 Å². The van der Waals surface area contributed by atoms with Gasteiger partial charge in [-0.15, -0.1) is 0 Å². The summed E-state index contributed by atoms with van der Waals surface area (Å²) in [6, 6.07) is -1.14. The zero-order chi connectivity index (χ0) is 16.6. The molecule has 1 aliphatic heterocycles. The summed E-state index contributed by atoms with van der Waals surface area (Å²) in [4.78, 5) is 0. The van der Waals surface area contributed by atoms with Gasteiger partial charge in [0.15, 0.2) is 0 Å². The third-order valence-electron chi connectivity index (χ3n) is 4.44. The van der Waals surface area contributed by atoms with Gasteiger partial charge in [-0.1, -0.05) is 12.8 Å². The Kier molecular flexibility index (Phi) is 5.13. The lowest BCUT2D eigenvalue weighted by Crippen LogP contribution is -2.51. The van der Waals surface area contributed by atoms with Gasteiger partial charge in [0.25, 0.3) is 0 Å². The van der Waals surface area contributed by atoms with E-state index < -0.39 is 43.2 Å². The van der Waals surface area contributed by atoms with Crippen molar-refractivity contribution in [2.75, 3.05) is 11.5 Å². The lowest BCUT2D eigenvalue weighted by atomic mass is 9.85. The summed E-state index contributed by atoms with van der Waals surface area (Å²) in [6.45, 7) is 0. The first-order chi connectivity index (χ1) is 10.0. The normalized spacial score (nSPS) is 31.0. The van der Waals surface area contributed by atoms with E-state index in [0.717, 1.165) is 0 Å². The average Bonchev–Trinajstić information content (AvgIpc) is 2.37. The number of rotatable bonds is 3. The van der Waals surface area contributed by atoms with Gasteiger partial charge in [-0.25, -0.2) is 21.6 Å². The molecule has 2 aliphatic rings. The van der Waals surface area contributed by atoms with Crippen molar-refractivity contribution in [3.8, 4) is 0 Å². The molecule has 1 N–H and O–H groups in total. The smallest absolute Gasteiger partial charge is 0.229 e. The molecule has 1 aliphatic carbocycles. The molecule has 5 nitrogen and oxygen atoms in total. The van der Waals surface area contributed by atoms with Gasteiger partial charge in [-0.2, -0.15) is 13.2 Å². The van der Waals surface area contributed by atoms with Crippen molar-refractivity contribution in [2.45, 2.75) is 56.0 Å². The molecule has 10 heteroatoms. The molecule has 0 radical (unpaired) electrons. The van der Waals surface area contributed by atoms with Crippen LogP contribution in [0.2, 0.25) is 0 Å². The molecule has 2 atom stereocenters. The quantitative estimate of drug-likeness (QED) is 0.826. The first-order valence-electron chi connectivity index (χ1n) is 7.29. The van der Waals surface area contributed by atoms with E-state index in [1.807, 2.05) is 0 Å². The first kappa shape index (κ1) is 18.0. The molecule has 2 fully saturated rings. The van der Waals surface area contributed by atoms with Gasteiger partial charge in [-0.05, 0) is 25.7 Å². The van der Waals surface area contributed by atoms with Crippen LogP contribution >= 0.6 is 0 Å². The fourth-order valence-corrected chi connectivity index (χ4v) is 6.69. The Morgan fingerprint density at radius 2 is 1.50 bits per heavy atom. The number of sulfonamides is 1. The molecule has 1 saturated heterocycles. The van der Waals surface area contributed by atoms with Crippen molar-refractivity contribution >= 4 is 19.9 Å². The highest BCUT2D eigenvalue weighted by Gasteiger charge is 2.47. The SMILES string of the molecule is O=S1(=O)CCC(S(=O)(=O)N[C@H]2CCCC[C@@H]2C(F)(F)F)CC1. The molecule has 1 heterocycles. The molecule has 0 aromatic heterocycles. The molecule has 0 aromatic rings. The molecule has 0 spiro atoms. The Hall–Kier alpha value is -0.350. The van der Waals surface area contributed by atoms with E-state index in [4.69, 9.17) is 0 Å². The fraction of sp³-hybridized carbons (Fsp3) is 1.00. The summed E-state index contributed by atoms with van der Waals surface area (Å²) >= 11 is 0. The zero-order valence-electron chi connectivity index (χ0n) is 12.0. The van der Waals surface area contributed by atoms with Crippen LogP contribution in [0.3, 0.4) is 0 Å². The zero-order valence-corrected chi connectivity index (χ0v) is 13.6. The van der Waals surface area contributed by atoms with Crippen LogP contribution in [-0.2, 0) is 19.9 Å². The number of alkyl halides is 3. The standard InChI is InChI=1S/C12H20F3NO4S2/c13-12(14,15)10-3-1-2-4-11(10)16-22(19,20)9-5-7-21(17,18)8-6-9/h9-11,16H,1-8H2/t10-,11-/m0/s1. The maximum absolute atomic E-state index is 13.0. The third kappa shape index (κ3) is 4.35. The predicted octanol–water partition coefficient (Wildman–Crippen LogP) is 1.60. The number of sulfone groups is 1. The Morgan fingerprint density at radius 3 is 2.05 bits per heavy atom. The number of nitrogens with one attached hydrogen (secondary N) is 1. The van der Waals surface area contributed by atoms with Crippen molar-refractivity contribution in [1.82, 2.24) is 4.72 Å². The Labute approximate surface area is 128 Å². The summed E-state index contributed by atoms with van der Waals surface area (Å²) < 4.78 is 88.4. The van der Waals surface area contributed by atoms with Crippen molar-refractivity contribution < 1.29 is 30.0 Å². The van der Waals surface area contributed by atoms with Crippen LogP contribution in [0.1, 0.15) is 38.5 Å². The van der Waals surface area contributed by atoms with Crippen molar-refractivity contribution in [3.05, 3.63) is 0 Å².